The number of carbonyl (C=O) groups excluding carboxylic acids is 2. The van der Waals surface area contributed by atoms with Gasteiger partial charge in [0.05, 0.1) is 48.2 Å². The fraction of sp³-hybridized carbons (Fsp3) is 0.360. The third kappa shape index (κ3) is 10.8. The lowest BCUT2D eigenvalue weighted by Gasteiger charge is -2.22. The summed E-state index contributed by atoms with van der Waals surface area (Å²) < 4.78 is 15.3. The Bertz CT molecular complexity index is 1090. The van der Waals surface area contributed by atoms with Gasteiger partial charge >= 0.3 is 11.9 Å². The molecule has 0 aliphatic rings. The van der Waals surface area contributed by atoms with Gasteiger partial charge in [-0.1, -0.05) is 17.7 Å². The Kier molecular flexibility index (Phi) is 12.7. The van der Waals surface area contributed by atoms with Crippen molar-refractivity contribution < 1.29 is 28.7 Å². The molecule has 0 aromatic heterocycles. The Morgan fingerprint density at radius 3 is 2.32 bits per heavy atom. The van der Waals surface area contributed by atoms with Crippen LogP contribution in [-0.2, 0) is 23.8 Å². The summed E-state index contributed by atoms with van der Waals surface area (Å²) in [6.45, 7) is 7.57. The van der Waals surface area contributed by atoms with Crippen LogP contribution in [0, 0.1) is 10.1 Å². The normalized spacial score (nSPS) is 10.8. The largest absolute Gasteiger partial charge is 0.464 e. The molecule has 0 saturated heterocycles. The van der Waals surface area contributed by atoms with E-state index in [0.717, 1.165) is 5.69 Å². The molecule has 2 rings (SSSR count). The number of anilines is 1. The summed E-state index contributed by atoms with van der Waals surface area (Å²) in [6.07, 6.45) is 1.48. The van der Waals surface area contributed by atoms with Crippen molar-refractivity contribution in [2.24, 2.45) is 10.2 Å². The fourth-order valence-corrected chi connectivity index (χ4v) is 3.21. The number of rotatable bonds is 16. The number of halogens is 1. The molecule has 0 atom stereocenters. The van der Waals surface area contributed by atoms with Crippen molar-refractivity contribution in [2.75, 3.05) is 44.4 Å². The minimum Gasteiger partial charge on any atom is -0.464 e. The van der Waals surface area contributed by atoms with E-state index in [4.69, 9.17) is 25.8 Å². The molecule has 198 valence electrons. The Labute approximate surface area is 219 Å². The minimum atomic E-state index is -0.535. The molecule has 0 fully saturated rings. The maximum Gasteiger partial charge on any atom is 0.306 e. The number of carbonyl (C=O) groups is 2. The number of likely N-dealkylation sites (N-methyl/N-ethyl adjacent to an activating group) is 1. The summed E-state index contributed by atoms with van der Waals surface area (Å²) in [5.41, 5.74) is 1.66. The average molecular weight is 533 g/mol. The standard InChI is InChI=1S/C25H29ClN4O7/c1-3-14-35-16-17-37-25(32)12-11-24(31)36-15-13-29(4-2)20-7-5-19(6-8-20)27-28-23-10-9-21(30(33)34)18-22(23)26/h3,5-10,18H,1,4,11-17H2,2H3. The first-order chi connectivity index (χ1) is 17.8. The van der Waals surface area contributed by atoms with E-state index in [0.29, 0.717) is 31.1 Å². The van der Waals surface area contributed by atoms with Crippen LogP contribution in [0.2, 0.25) is 5.02 Å². The van der Waals surface area contributed by atoms with Gasteiger partial charge in [-0.25, -0.2) is 0 Å². The van der Waals surface area contributed by atoms with Crippen LogP contribution in [0.4, 0.5) is 22.7 Å². The highest BCUT2D eigenvalue weighted by Gasteiger charge is 2.11. The number of benzene rings is 2. The number of esters is 2. The van der Waals surface area contributed by atoms with E-state index in [2.05, 4.69) is 16.8 Å². The highest BCUT2D eigenvalue weighted by Crippen LogP contribution is 2.30. The zero-order valence-electron chi connectivity index (χ0n) is 20.5. The molecule has 12 heteroatoms. The molecule has 2 aromatic carbocycles. The van der Waals surface area contributed by atoms with Gasteiger partial charge < -0.3 is 19.1 Å². The van der Waals surface area contributed by atoms with Crippen LogP contribution < -0.4 is 4.90 Å². The lowest BCUT2D eigenvalue weighted by atomic mass is 10.2. The molecule has 0 bridgehead atoms. The molecule has 0 aliphatic heterocycles. The van der Waals surface area contributed by atoms with Gasteiger partial charge in [-0.05, 0) is 37.3 Å². The molecule has 0 aliphatic carbocycles. The van der Waals surface area contributed by atoms with Gasteiger partial charge in [0.2, 0.25) is 0 Å². The molecule has 0 spiro atoms. The predicted octanol–water partition coefficient (Wildman–Crippen LogP) is 5.56. The number of hydrogen-bond donors (Lipinski definition) is 0. The smallest absolute Gasteiger partial charge is 0.306 e. The van der Waals surface area contributed by atoms with E-state index in [1.165, 1.54) is 18.2 Å². The van der Waals surface area contributed by atoms with E-state index in [9.17, 15) is 19.7 Å². The Morgan fingerprint density at radius 1 is 1.05 bits per heavy atom. The summed E-state index contributed by atoms with van der Waals surface area (Å²) in [7, 11) is 0. The summed E-state index contributed by atoms with van der Waals surface area (Å²) in [5.74, 6) is -0.959. The number of non-ortho nitro benzene ring substituents is 1. The number of nitro benzene ring substituents is 1. The van der Waals surface area contributed by atoms with Crippen molar-refractivity contribution in [3.05, 3.63) is 70.3 Å². The quantitative estimate of drug-likeness (QED) is 0.0685. The molecule has 37 heavy (non-hydrogen) atoms. The molecule has 11 nitrogen and oxygen atoms in total. The molecule has 0 heterocycles. The van der Waals surface area contributed by atoms with Gasteiger partial charge in [-0.3, -0.25) is 19.7 Å². The van der Waals surface area contributed by atoms with E-state index in [1.54, 1.807) is 18.2 Å². The molecule has 2 aromatic rings. The predicted molar refractivity (Wildman–Crippen MR) is 139 cm³/mol. The summed E-state index contributed by atoms with van der Waals surface area (Å²) in [4.78, 5) is 35.9. The fourth-order valence-electron chi connectivity index (χ4n) is 3.00. The van der Waals surface area contributed by atoms with Crippen LogP contribution in [0.5, 0.6) is 0 Å². The maximum absolute atomic E-state index is 11.9. The van der Waals surface area contributed by atoms with Gasteiger partial charge in [0, 0.05) is 24.4 Å². The summed E-state index contributed by atoms with van der Waals surface area (Å²) >= 11 is 6.04. The molecular formula is C25H29ClN4O7. The molecule has 0 radical (unpaired) electrons. The van der Waals surface area contributed by atoms with Gasteiger partial charge in [-0.15, -0.1) is 11.7 Å². The highest BCUT2D eigenvalue weighted by atomic mass is 35.5. The lowest BCUT2D eigenvalue weighted by Crippen LogP contribution is -2.28. The van der Waals surface area contributed by atoms with E-state index in [-0.39, 0.29) is 43.4 Å². The van der Waals surface area contributed by atoms with Crippen LogP contribution in [0.15, 0.2) is 65.3 Å². The number of nitrogens with zero attached hydrogens (tertiary/aromatic N) is 4. The Hall–Kier alpha value is -3.83. The second-order valence-corrected chi connectivity index (χ2v) is 7.90. The zero-order valence-corrected chi connectivity index (χ0v) is 21.3. The number of azo groups is 1. The second kappa shape index (κ2) is 16.0. The Morgan fingerprint density at radius 2 is 1.73 bits per heavy atom. The monoisotopic (exact) mass is 532 g/mol. The van der Waals surface area contributed by atoms with Crippen molar-refractivity contribution in [1.29, 1.82) is 0 Å². The van der Waals surface area contributed by atoms with E-state index < -0.39 is 16.9 Å². The van der Waals surface area contributed by atoms with Gasteiger partial charge in [0.15, 0.2) is 0 Å². The first-order valence-corrected chi connectivity index (χ1v) is 11.9. The number of hydrogen-bond acceptors (Lipinski definition) is 10. The van der Waals surface area contributed by atoms with Crippen LogP contribution in [-0.4, -0.2) is 56.4 Å². The van der Waals surface area contributed by atoms with Crippen molar-refractivity contribution in [3.63, 3.8) is 0 Å². The highest BCUT2D eigenvalue weighted by molar-refractivity contribution is 6.33. The average Bonchev–Trinajstić information content (AvgIpc) is 2.89. The first-order valence-electron chi connectivity index (χ1n) is 11.5. The molecule has 0 unspecified atom stereocenters. The van der Waals surface area contributed by atoms with Crippen molar-refractivity contribution in [3.8, 4) is 0 Å². The van der Waals surface area contributed by atoms with Crippen LogP contribution in [0.25, 0.3) is 0 Å². The summed E-state index contributed by atoms with van der Waals surface area (Å²) in [6, 6.07) is 11.2. The third-order valence-corrected chi connectivity index (χ3v) is 5.20. The SMILES string of the molecule is C=CCOCCOC(=O)CCC(=O)OCCN(CC)c1ccc(N=Nc2ccc([N+](=O)[O-])cc2Cl)cc1. The Balaban J connectivity index is 1.77. The first kappa shape index (κ1) is 29.4. The molecule has 0 saturated carbocycles. The second-order valence-electron chi connectivity index (χ2n) is 7.49. The molecular weight excluding hydrogens is 504 g/mol. The number of ether oxygens (including phenoxy) is 3. The molecule has 0 N–H and O–H groups in total. The van der Waals surface area contributed by atoms with Crippen LogP contribution >= 0.6 is 11.6 Å². The maximum atomic E-state index is 11.9. The van der Waals surface area contributed by atoms with Crippen LogP contribution in [0.1, 0.15) is 19.8 Å². The van der Waals surface area contributed by atoms with Crippen LogP contribution in [0.3, 0.4) is 0 Å². The van der Waals surface area contributed by atoms with Crippen molar-refractivity contribution in [1.82, 2.24) is 0 Å². The third-order valence-electron chi connectivity index (χ3n) is 4.90. The lowest BCUT2D eigenvalue weighted by molar-refractivity contribution is -0.384. The van der Waals surface area contributed by atoms with Gasteiger partial charge in [-0.2, -0.15) is 5.11 Å². The van der Waals surface area contributed by atoms with E-state index in [1.807, 2.05) is 24.0 Å². The zero-order chi connectivity index (χ0) is 27.0. The number of nitro groups is 1. The van der Waals surface area contributed by atoms with Crippen molar-refractivity contribution >= 4 is 46.3 Å². The minimum absolute atomic E-state index is 0.0567. The van der Waals surface area contributed by atoms with Gasteiger partial charge in [0.1, 0.15) is 18.9 Å². The topological polar surface area (TPSA) is 133 Å². The molecule has 0 amide bonds. The van der Waals surface area contributed by atoms with E-state index >= 15 is 0 Å². The summed E-state index contributed by atoms with van der Waals surface area (Å²) in [5, 5.41) is 19.1. The van der Waals surface area contributed by atoms with Gasteiger partial charge in [0.25, 0.3) is 5.69 Å². The van der Waals surface area contributed by atoms with Crippen molar-refractivity contribution in [2.45, 2.75) is 19.8 Å².